The van der Waals surface area contributed by atoms with Gasteiger partial charge in [0.15, 0.2) is 0 Å². The largest absolute Gasteiger partial charge is 0.459 e. The molecule has 0 bridgehead atoms. The number of esters is 1. The molecule has 0 unspecified atom stereocenters. The Morgan fingerprint density at radius 1 is 1.14 bits per heavy atom. The fourth-order valence-corrected chi connectivity index (χ4v) is 3.14. The summed E-state index contributed by atoms with van der Waals surface area (Å²) in [6.07, 6.45) is 10.5. The molecule has 1 aromatic rings. The van der Waals surface area contributed by atoms with Gasteiger partial charge in [0.2, 0.25) is 5.91 Å². The molecule has 0 fully saturated rings. The summed E-state index contributed by atoms with van der Waals surface area (Å²) in [6.45, 7) is 6.01. The zero-order valence-electron chi connectivity index (χ0n) is 17.5. The number of primary amides is 1. The normalized spacial score (nSPS) is 16.1. The van der Waals surface area contributed by atoms with Crippen molar-refractivity contribution in [2.45, 2.75) is 52.2 Å². The maximum Gasteiger partial charge on any atom is 0.331 e. The zero-order valence-corrected chi connectivity index (χ0v) is 17.5. The van der Waals surface area contributed by atoms with E-state index in [9.17, 15) is 14.7 Å². The summed E-state index contributed by atoms with van der Waals surface area (Å²) in [6, 6.07) is 9.54. The number of nitrogens with two attached hydrogens (primary N) is 1. The average Bonchev–Trinajstić information content (AvgIpc) is 2.70. The van der Waals surface area contributed by atoms with E-state index >= 15 is 0 Å². The lowest BCUT2D eigenvalue weighted by Crippen LogP contribution is -2.37. The van der Waals surface area contributed by atoms with Crippen molar-refractivity contribution in [2.75, 3.05) is 0 Å². The Hall–Kier alpha value is -2.66. The Morgan fingerprint density at radius 2 is 1.83 bits per heavy atom. The number of allylic oxidation sites excluding steroid dienone is 2. The summed E-state index contributed by atoms with van der Waals surface area (Å²) >= 11 is 0. The molecule has 1 amide bonds. The van der Waals surface area contributed by atoms with Crippen LogP contribution in [0.1, 0.15) is 45.6 Å². The van der Waals surface area contributed by atoms with Gasteiger partial charge in [0.05, 0.1) is 6.10 Å². The van der Waals surface area contributed by atoms with Crippen LogP contribution in [0.2, 0.25) is 0 Å². The molecule has 0 aliphatic heterocycles. The fourth-order valence-electron chi connectivity index (χ4n) is 3.14. The number of amides is 1. The van der Waals surface area contributed by atoms with Gasteiger partial charge in [-0.3, -0.25) is 4.79 Å². The molecular formula is C24H33NO4. The molecule has 0 saturated carbocycles. The van der Waals surface area contributed by atoms with Gasteiger partial charge in [-0.2, -0.15) is 0 Å². The van der Waals surface area contributed by atoms with Gasteiger partial charge in [-0.25, -0.2) is 4.79 Å². The molecule has 0 heterocycles. The Kier molecular flexibility index (Phi) is 11.4. The first-order chi connectivity index (χ1) is 13.8. The number of hydrogen-bond acceptors (Lipinski definition) is 4. The smallest absolute Gasteiger partial charge is 0.331 e. The molecular weight excluding hydrogens is 366 g/mol. The van der Waals surface area contributed by atoms with Gasteiger partial charge in [0.1, 0.15) is 6.10 Å². The van der Waals surface area contributed by atoms with Gasteiger partial charge < -0.3 is 15.6 Å². The van der Waals surface area contributed by atoms with Crippen LogP contribution in [0.15, 0.2) is 60.7 Å². The molecule has 0 saturated heterocycles. The highest BCUT2D eigenvalue weighted by Gasteiger charge is 2.30. The second kappa shape index (κ2) is 13.5. The van der Waals surface area contributed by atoms with Crippen molar-refractivity contribution in [1.29, 1.82) is 0 Å². The highest BCUT2D eigenvalue weighted by molar-refractivity contribution is 5.87. The molecule has 0 aliphatic rings. The van der Waals surface area contributed by atoms with E-state index in [-0.39, 0.29) is 11.8 Å². The Labute approximate surface area is 174 Å². The SMILES string of the molecule is CCC[C@@H](C)[C@H](OC(=O)/C=C/c1ccccc1)[C@H](C)[C@H](O)CC=C/C=C\C(N)=O. The molecule has 0 spiro atoms. The van der Waals surface area contributed by atoms with Crippen LogP contribution in [0.4, 0.5) is 0 Å². The van der Waals surface area contributed by atoms with Gasteiger partial charge in [0, 0.05) is 18.1 Å². The number of ether oxygens (including phenoxy) is 1. The quantitative estimate of drug-likeness (QED) is 0.315. The molecule has 1 rings (SSSR count). The number of rotatable bonds is 12. The van der Waals surface area contributed by atoms with Crippen molar-refractivity contribution in [3.8, 4) is 0 Å². The zero-order chi connectivity index (χ0) is 21.6. The Morgan fingerprint density at radius 3 is 2.45 bits per heavy atom. The van der Waals surface area contributed by atoms with Crippen LogP contribution >= 0.6 is 0 Å². The first-order valence-electron chi connectivity index (χ1n) is 10.1. The number of benzene rings is 1. The lowest BCUT2D eigenvalue weighted by atomic mass is 9.85. The summed E-state index contributed by atoms with van der Waals surface area (Å²) in [5.74, 6) is -1.05. The molecule has 0 aromatic heterocycles. The third kappa shape index (κ3) is 9.90. The summed E-state index contributed by atoms with van der Waals surface area (Å²) in [5, 5.41) is 10.6. The molecule has 5 nitrogen and oxygen atoms in total. The molecule has 29 heavy (non-hydrogen) atoms. The molecule has 0 radical (unpaired) electrons. The third-order valence-corrected chi connectivity index (χ3v) is 4.78. The van der Waals surface area contributed by atoms with E-state index in [0.29, 0.717) is 6.42 Å². The predicted molar refractivity (Wildman–Crippen MR) is 117 cm³/mol. The van der Waals surface area contributed by atoms with Crippen LogP contribution < -0.4 is 5.73 Å². The summed E-state index contributed by atoms with van der Waals surface area (Å²) in [7, 11) is 0. The number of aliphatic hydroxyl groups excluding tert-OH is 1. The standard InChI is InChI=1S/C24H33NO4/c1-4-11-18(2)24(19(3)21(26)14-9-6-10-15-22(25)27)29-23(28)17-16-20-12-7-5-8-13-20/h5-10,12-13,15-19,21,24,26H,4,11,14H2,1-3H3,(H2,25,27)/b9-6?,15-10-,17-16+/t18-,19-,21-,24+/m1/s1. The van der Waals surface area contributed by atoms with E-state index in [1.807, 2.05) is 44.2 Å². The van der Waals surface area contributed by atoms with Crippen molar-refractivity contribution < 1.29 is 19.4 Å². The summed E-state index contributed by atoms with van der Waals surface area (Å²) in [5.41, 5.74) is 5.95. The van der Waals surface area contributed by atoms with Crippen LogP contribution in [-0.2, 0) is 14.3 Å². The number of hydrogen-bond donors (Lipinski definition) is 2. The van der Waals surface area contributed by atoms with Crippen molar-refractivity contribution in [1.82, 2.24) is 0 Å². The molecule has 158 valence electrons. The molecule has 5 heteroatoms. The van der Waals surface area contributed by atoms with Gasteiger partial charge >= 0.3 is 5.97 Å². The second-order valence-electron chi connectivity index (χ2n) is 7.26. The molecule has 1 aromatic carbocycles. The Bertz CT molecular complexity index is 709. The van der Waals surface area contributed by atoms with E-state index in [2.05, 4.69) is 6.92 Å². The minimum Gasteiger partial charge on any atom is -0.459 e. The topological polar surface area (TPSA) is 89.6 Å². The minimum atomic E-state index is -0.677. The van der Waals surface area contributed by atoms with Gasteiger partial charge in [-0.15, -0.1) is 0 Å². The van der Waals surface area contributed by atoms with E-state index in [4.69, 9.17) is 10.5 Å². The average molecular weight is 400 g/mol. The van der Waals surface area contributed by atoms with Gasteiger partial charge in [-0.1, -0.05) is 75.8 Å². The van der Waals surface area contributed by atoms with Crippen LogP contribution in [0, 0.1) is 11.8 Å². The molecule has 3 N–H and O–H groups in total. The van der Waals surface area contributed by atoms with Gasteiger partial charge in [0.25, 0.3) is 0 Å². The fraction of sp³-hybridized carbons (Fsp3) is 0.417. The van der Waals surface area contributed by atoms with Gasteiger partial charge in [-0.05, 0) is 30.4 Å². The predicted octanol–water partition coefficient (Wildman–Crippen LogP) is 4.03. The number of aliphatic hydroxyl groups is 1. The van der Waals surface area contributed by atoms with Crippen LogP contribution in [0.25, 0.3) is 6.08 Å². The number of carbonyl (C=O) groups is 2. The lowest BCUT2D eigenvalue weighted by Gasteiger charge is -2.31. The molecule has 0 aliphatic carbocycles. The van der Waals surface area contributed by atoms with E-state index in [1.165, 1.54) is 18.2 Å². The second-order valence-corrected chi connectivity index (χ2v) is 7.26. The highest BCUT2D eigenvalue weighted by atomic mass is 16.5. The van der Waals surface area contributed by atoms with Crippen molar-refractivity contribution >= 4 is 18.0 Å². The maximum absolute atomic E-state index is 12.4. The molecule has 4 atom stereocenters. The van der Waals surface area contributed by atoms with Crippen LogP contribution in [-0.4, -0.2) is 29.2 Å². The maximum atomic E-state index is 12.4. The first-order valence-corrected chi connectivity index (χ1v) is 10.1. The van der Waals surface area contributed by atoms with Crippen LogP contribution in [0.3, 0.4) is 0 Å². The third-order valence-electron chi connectivity index (χ3n) is 4.78. The summed E-state index contributed by atoms with van der Waals surface area (Å²) < 4.78 is 5.74. The minimum absolute atomic E-state index is 0.123. The number of carbonyl (C=O) groups excluding carboxylic acids is 2. The Balaban J connectivity index is 2.75. The van der Waals surface area contributed by atoms with Crippen molar-refractivity contribution in [2.24, 2.45) is 17.6 Å². The van der Waals surface area contributed by atoms with Crippen molar-refractivity contribution in [3.05, 3.63) is 66.3 Å². The highest BCUT2D eigenvalue weighted by Crippen LogP contribution is 2.25. The monoisotopic (exact) mass is 399 g/mol. The first kappa shape index (κ1) is 24.4. The van der Waals surface area contributed by atoms with E-state index in [0.717, 1.165) is 18.4 Å². The van der Waals surface area contributed by atoms with Crippen LogP contribution in [0.5, 0.6) is 0 Å². The lowest BCUT2D eigenvalue weighted by molar-refractivity contribution is -0.151. The van der Waals surface area contributed by atoms with E-state index < -0.39 is 24.1 Å². The summed E-state index contributed by atoms with van der Waals surface area (Å²) in [4.78, 5) is 23.0. The van der Waals surface area contributed by atoms with Crippen molar-refractivity contribution in [3.63, 3.8) is 0 Å². The van der Waals surface area contributed by atoms with E-state index in [1.54, 1.807) is 18.2 Å².